The van der Waals surface area contributed by atoms with E-state index in [0.29, 0.717) is 12.3 Å². The maximum Gasteiger partial charge on any atom is 0.348 e. The lowest BCUT2D eigenvalue weighted by molar-refractivity contribution is -0.123. The molecule has 0 radical (unpaired) electrons. The topological polar surface area (TPSA) is 79.2 Å². The summed E-state index contributed by atoms with van der Waals surface area (Å²) in [6.45, 7) is 6.60. The molecule has 0 bridgehead atoms. The van der Waals surface area contributed by atoms with E-state index in [1.165, 1.54) is 23.3 Å². The van der Waals surface area contributed by atoms with E-state index < -0.39 is 5.97 Å². The van der Waals surface area contributed by atoms with E-state index in [-0.39, 0.29) is 22.7 Å². The highest BCUT2D eigenvalue weighted by Crippen LogP contribution is 2.41. The van der Waals surface area contributed by atoms with Crippen LogP contribution in [0.25, 0.3) is 5.57 Å². The number of anilines is 1. The highest BCUT2D eigenvalue weighted by atomic mass is 32.1. The van der Waals surface area contributed by atoms with Gasteiger partial charge in [0.2, 0.25) is 5.91 Å². The third-order valence-electron chi connectivity index (χ3n) is 6.71. The molecule has 1 aromatic rings. The number of oxime groups is 1. The van der Waals surface area contributed by atoms with Crippen LogP contribution in [-0.4, -0.2) is 35.3 Å². The molecule has 2 aliphatic carbocycles. The van der Waals surface area contributed by atoms with Crippen LogP contribution in [0.1, 0.15) is 106 Å². The number of allylic oxidation sites excluding steroid dienone is 2. The van der Waals surface area contributed by atoms with Gasteiger partial charge in [0.15, 0.2) is 0 Å². The lowest BCUT2D eigenvalue weighted by Crippen LogP contribution is -2.46. The first-order chi connectivity index (χ1) is 16.0. The number of carboxylic acid groups (broad SMARTS) is 1. The Morgan fingerprint density at radius 2 is 1.97 bits per heavy atom. The summed E-state index contributed by atoms with van der Waals surface area (Å²) in [5.74, 6) is -0.972. The van der Waals surface area contributed by atoms with Crippen molar-refractivity contribution in [3.8, 4) is 0 Å². The van der Waals surface area contributed by atoms with Crippen LogP contribution in [0.4, 0.5) is 5.69 Å². The second-order valence-electron chi connectivity index (χ2n) is 9.01. The predicted octanol–water partition coefficient (Wildman–Crippen LogP) is 6.90. The molecule has 1 N–H and O–H groups in total. The smallest absolute Gasteiger partial charge is 0.348 e. The number of hydrogen-bond donors (Lipinski definition) is 1. The van der Waals surface area contributed by atoms with Crippen LogP contribution in [0.3, 0.4) is 0 Å². The fourth-order valence-corrected chi connectivity index (χ4v) is 5.97. The summed E-state index contributed by atoms with van der Waals surface area (Å²) in [7, 11) is 0. The van der Waals surface area contributed by atoms with Crippen molar-refractivity contribution in [3.63, 3.8) is 0 Å². The maximum atomic E-state index is 13.8. The van der Waals surface area contributed by atoms with Gasteiger partial charge in [0.05, 0.1) is 11.4 Å². The fourth-order valence-electron chi connectivity index (χ4n) is 4.92. The van der Waals surface area contributed by atoms with Gasteiger partial charge in [-0.05, 0) is 82.8 Å². The Morgan fingerprint density at radius 3 is 2.55 bits per heavy atom. The zero-order chi connectivity index (χ0) is 23.8. The van der Waals surface area contributed by atoms with Crippen LogP contribution in [0.5, 0.6) is 0 Å². The Bertz CT molecular complexity index is 879. The molecule has 0 aliphatic heterocycles. The van der Waals surface area contributed by atoms with E-state index in [1.54, 1.807) is 0 Å². The van der Waals surface area contributed by atoms with Crippen LogP contribution in [0.2, 0.25) is 0 Å². The van der Waals surface area contributed by atoms with Gasteiger partial charge in [0.1, 0.15) is 11.5 Å². The normalized spacial score (nSPS) is 19.5. The van der Waals surface area contributed by atoms with E-state index in [9.17, 15) is 14.7 Å². The standard InChI is InChI=1S/C26H38N2O4S/c1-4-10-18(5-2)25(29)28(21-15-13-20(14-16-21)27-32-6-3)22-17-23(33-24(22)26(30)31)19-11-8-7-9-12-19/h11,17-18,21H,4-10,12-16H2,1-3H3,(H,30,31). The Kier molecular flexibility index (Phi) is 9.53. The van der Waals surface area contributed by atoms with Crippen molar-refractivity contribution >= 4 is 40.2 Å². The minimum atomic E-state index is -0.951. The molecule has 33 heavy (non-hydrogen) atoms. The number of nitrogens with zero attached hydrogens (tertiary/aromatic N) is 2. The summed E-state index contributed by atoms with van der Waals surface area (Å²) < 4.78 is 0. The van der Waals surface area contributed by atoms with Gasteiger partial charge >= 0.3 is 5.97 Å². The summed E-state index contributed by atoms with van der Waals surface area (Å²) in [5, 5.41) is 14.3. The molecular weight excluding hydrogens is 436 g/mol. The quantitative estimate of drug-likeness (QED) is 0.374. The lowest BCUT2D eigenvalue weighted by atomic mass is 9.90. The third-order valence-corrected chi connectivity index (χ3v) is 7.90. The van der Waals surface area contributed by atoms with Crippen molar-refractivity contribution < 1.29 is 19.5 Å². The minimum Gasteiger partial charge on any atom is -0.477 e. The summed E-state index contributed by atoms with van der Waals surface area (Å²) in [6, 6.07) is 1.95. The van der Waals surface area contributed by atoms with Crippen LogP contribution >= 0.6 is 11.3 Å². The molecule has 0 spiro atoms. The summed E-state index contributed by atoms with van der Waals surface area (Å²) in [5.41, 5.74) is 2.84. The first-order valence-corrected chi connectivity index (χ1v) is 13.4. The fraction of sp³-hybridized carbons (Fsp3) is 0.654. The van der Waals surface area contributed by atoms with Crippen molar-refractivity contribution in [1.82, 2.24) is 0 Å². The van der Waals surface area contributed by atoms with Gasteiger partial charge in [-0.3, -0.25) is 4.79 Å². The van der Waals surface area contributed by atoms with Gasteiger partial charge in [-0.15, -0.1) is 11.3 Å². The van der Waals surface area contributed by atoms with Crippen molar-refractivity contribution in [3.05, 3.63) is 21.9 Å². The van der Waals surface area contributed by atoms with Gasteiger partial charge in [-0.1, -0.05) is 31.5 Å². The summed E-state index contributed by atoms with van der Waals surface area (Å²) in [4.78, 5) is 34.5. The van der Waals surface area contributed by atoms with Crippen molar-refractivity contribution in [2.24, 2.45) is 11.1 Å². The number of carboxylic acids is 1. The average Bonchev–Trinajstić information content (AvgIpc) is 3.28. The molecule has 1 atom stereocenters. The van der Waals surface area contributed by atoms with Crippen molar-refractivity contribution in [2.75, 3.05) is 11.5 Å². The molecule has 3 rings (SSSR count). The van der Waals surface area contributed by atoms with Crippen LogP contribution in [-0.2, 0) is 9.63 Å². The Balaban J connectivity index is 1.98. The summed E-state index contributed by atoms with van der Waals surface area (Å²) in [6.07, 6.45) is 12.1. The Labute approximate surface area is 201 Å². The number of amides is 1. The SMILES string of the molecule is CCCC(CC)C(=O)N(c1cc(C2=CCCCC2)sc1C(=O)O)C1CCC(=NOCC)CC1. The van der Waals surface area contributed by atoms with Crippen LogP contribution < -0.4 is 4.90 Å². The predicted molar refractivity (Wildman–Crippen MR) is 135 cm³/mol. The summed E-state index contributed by atoms with van der Waals surface area (Å²) >= 11 is 1.32. The number of aromatic carboxylic acids is 1. The largest absolute Gasteiger partial charge is 0.477 e. The lowest BCUT2D eigenvalue weighted by Gasteiger charge is -2.36. The van der Waals surface area contributed by atoms with Gasteiger partial charge in [0.25, 0.3) is 0 Å². The van der Waals surface area contributed by atoms with Crippen molar-refractivity contribution in [1.29, 1.82) is 0 Å². The Morgan fingerprint density at radius 1 is 1.21 bits per heavy atom. The van der Waals surface area contributed by atoms with E-state index in [0.717, 1.165) is 74.8 Å². The molecule has 1 aromatic heterocycles. The van der Waals surface area contributed by atoms with E-state index in [2.05, 4.69) is 18.2 Å². The van der Waals surface area contributed by atoms with E-state index >= 15 is 0 Å². The molecule has 0 aromatic carbocycles. The number of carbonyl (C=O) groups is 2. The molecule has 2 aliphatic rings. The number of hydrogen-bond acceptors (Lipinski definition) is 5. The molecule has 182 valence electrons. The van der Waals surface area contributed by atoms with Gasteiger partial charge in [-0.25, -0.2) is 4.79 Å². The van der Waals surface area contributed by atoms with E-state index in [4.69, 9.17) is 4.84 Å². The number of rotatable bonds is 10. The molecular formula is C26H38N2O4S. The zero-order valence-electron chi connectivity index (χ0n) is 20.3. The maximum absolute atomic E-state index is 13.8. The third kappa shape index (κ3) is 6.25. The van der Waals surface area contributed by atoms with Gasteiger partial charge < -0.3 is 14.8 Å². The molecule has 6 nitrogen and oxygen atoms in total. The molecule has 1 fully saturated rings. The molecule has 7 heteroatoms. The minimum absolute atomic E-state index is 0.0233. The highest BCUT2D eigenvalue weighted by molar-refractivity contribution is 7.15. The number of carbonyl (C=O) groups excluding carboxylic acids is 1. The van der Waals surface area contributed by atoms with Crippen molar-refractivity contribution in [2.45, 2.75) is 97.4 Å². The first-order valence-electron chi connectivity index (χ1n) is 12.6. The van der Waals surface area contributed by atoms with Crippen LogP contribution in [0.15, 0.2) is 17.3 Å². The second kappa shape index (κ2) is 12.4. The Hall–Kier alpha value is -2.15. The first kappa shape index (κ1) is 25.5. The van der Waals surface area contributed by atoms with Gasteiger partial charge in [-0.2, -0.15) is 0 Å². The second-order valence-corrected chi connectivity index (χ2v) is 10.1. The van der Waals surface area contributed by atoms with Crippen LogP contribution in [0, 0.1) is 5.92 Å². The number of thiophene rings is 1. The monoisotopic (exact) mass is 474 g/mol. The molecule has 1 amide bonds. The molecule has 1 saturated carbocycles. The molecule has 1 unspecified atom stereocenters. The zero-order valence-corrected chi connectivity index (χ0v) is 21.1. The highest BCUT2D eigenvalue weighted by Gasteiger charge is 2.35. The molecule has 0 saturated heterocycles. The van der Waals surface area contributed by atoms with E-state index in [1.807, 2.05) is 24.8 Å². The average molecular weight is 475 g/mol. The molecule has 1 heterocycles. The van der Waals surface area contributed by atoms with Gasteiger partial charge in [0, 0.05) is 16.8 Å².